The van der Waals surface area contributed by atoms with Crippen LogP contribution in [0.25, 0.3) is 44.4 Å². The fourth-order valence-corrected chi connectivity index (χ4v) is 4.68. The summed E-state index contributed by atoms with van der Waals surface area (Å²) in [4.78, 5) is 15.8. The first kappa shape index (κ1) is 21.6. The van der Waals surface area contributed by atoms with Crippen molar-refractivity contribution in [3.05, 3.63) is 77.9 Å². The Balaban J connectivity index is 1.36. The van der Waals surface area contributed by atoms with Crippen LogP contribution in [0.2, 0.25) is 0 Å². The van der Waals surface area contributed by atoms with E-state index in [9.17, 15) is 0 Å². The van der Waals surface area contributed by atoms with E-state index in [1.54, 1.807) is 12.3 Å². The number of H-pyrrole nitrogens is 2. The molecule has 0 atom stereocenters. The van der Waals surface area contributed by atoms with E-state index in [0.717, 1.165) is 56.2 Å². The zero-order valence-corrected chi connectivity index (χ0v) is 20.2. The monoisotopic (exact) mass is 466 g/mol. The Hall–Kier alpha value is -3.93. The molecule has 5 aromatic rings. The smallest absolute Gasteiger partial charge is 0.137 e. The van der Waals surface area contributed by atoms with Crippen molar-refractivity contribution in [3.63, 3.8) is 0 Å². The van der Waals surface area contributed by atoms with Crippen LogP contribution in [0.3, 0.4) is 0 Å². The van der Waals surface area contributed by atoms with Gasteiger partial charge in [-0.2, -0.15) is 0 Å². The van der Waals surface area contributed by atoms with E-state index in [1.807, 2.05) is 18.2 Å². The second kappa shape index (κ2) is 8.08. The molecule has 2 aromatic heterocycles. The number of halogens is 1. The molecule has 0 aliphatic carbocycles. The van der Waals surface area contributed by atoms with E-state index in [2.05, 4.69) is 66.9 Å². The quantitative estimate of drug-likeness (QED) is 0.287. The molecule has 5 nitrogen and oxygen atoms in total. The van der Waals surface area contributed by atoms with Crippen LogP contribution < -0.4 is 4.74 Å². The number of nitrogens with one attached hydrogen (secondary N) is 2. The number of rotatable bonds is 4. The Labute approximate surface area is 203 Å². The summed E-state index contributed by atoms with van der Waals surface area (Å²) in [5.41, 5.74) is 5.99. The summed E-state index contributed by atoms with van der Waals surface area (Å²) >= 11 is 0. The van der Waals surface area contributed by atoms with Gasteiger partial charge in [0.1, 0.15) is 29.8 Å². The summed E-state index contributed by atoms with van der Waals surface area (Å²) in [6.07, 6.45) is 1.70. The van der Waals surface area contributed by atoms with Gasteiger partial charge in [0.05, 0.1) is 23.3 Å². The molecule has 3 heterocycles. The number of ether oxygens (including phenoxy) is 1. The highest BCUT2D eigenvalue weighted by Crippen LogP contribution is 2.42. The van der Waals surface area contributed by atoms with Crippen molar-refractivity contribution in [1.29, 1.82) is 0 Å². The predicted molar refractivity (Wildman–Crippen MR) is 137 cm³/mol. The minimum atomic E-state index is -0.276. The number of fused-ring (bicyclic) bond motifs is 5. The SMILES string of the molecule is CC(C)c1ncc(-c2ccc(-c3ccc4c5c(ccc4c3)-c3nc(C(C)C)[nH]c3CO5)cc2F)[nH]1. The zero-order valence-electron chi connectivity index (χ0n) is 20.2. The molecule has 176 valence electrons. The van der Waals surface area contributed by atoms with Gasteiger partial charge in [-0.3, -0.25) is 0 Å². The van der Waals surface area contributed by atoms with E-state index in [1.165, 1.54) is 0 Å². The fraction of sp³-hybridized carbons (Fsp3) is 0.241. The normalized spacial score (nSPS) is 12.8. The van der Waals surface area contributed by atoms with Crippen LogP contribution in [-0.2, 0) is 6.61 Å². The molecular formula is C29H27FN4O. The molecular weight excluding hydrogens is 439 g/mol. The van der Waals surface area contributed by atoms with Crippen LogP contribution in [-0.4, -0.2) is 19.9 Å². The van der Waals surface area contributed by atoms with Gasteiger partial charge in [-0.25, -0.2) is 14.4 Å². The summed E-state index contributed by atoms with van der Waals surface area (Å²) in [7, 11) is 0. The number of nitrogens with zero attached hydrogens (tertiary/aromatic N) is 2. The lowest BCUT2D eigenvalue weighted by Gasteiger charge is -2.19. The van der Waals surface area contributed by atoms with Crippen molar-refractivity contribution in [3.8, 4) is 39.4 Å². The van der Waals surface area contributed by atoms with Gasteiger partial charge in [-0.15, -0.1) is 0 Å². The second-order valence-corrected chi connectivity index (χ2v) is 9.80. The van der Waals surface area contributed by atoms with E-state index in [-0.39, 0.29) is 11.7 Å². The molecule has 6 rings (SSSR count). The third kappa shape index (κ3) is 3.60. The van der Waals surface area contributed by atoms with Gasteiger partial charge in [0.2, 0.25) is 0 Å². The van der Waals surface area contributed by atoms with E-state index in [0.29, 0.717) is 23.8 Å². The van der Waals surface area contributed by atoms with Crippen molar-refractivity contribution < 1.29 is 9.13 Å². The lowest BCUT2D eigenvalue weighted by molar-refractivity contribution is 0.301. The van der Waals surface area contributed by atoms with Crippen molar-refractivity contribution >= 4 is 10.8 Å². The number of benzene rings is 3. The van der Waals surface area contributed by atoms with Gasteiger partial charge in [0.25, 0.3) is 0 Å². The molecule has 0 fully saturated rings. The van der Waals surface area contributed by atoms with E-state index < -0.39 is 0 Å². The molecule has 0 bridgehead atoms. The standard InChI is InChI=1S/C29H27FN4O/c1-15(2)28-31-13-24(32-28)21-9-6-18(12-23(21)30)17-5-8-20-19(11-17)7-10-22-26-25(14-35-27(20)22)33-29(34-26)16(3)4/h5-13,15-16H,14H2,1-4H3,(H,31,32)(H,33,34). The van der Waals surface area contributed by atoms with Crippen LogP contribution >= 0.6 is 0 Å². The maximum atomic E-state index is 15.1. The van der Waals surface area contributed by atoms with Gasteiger partial charge in [-0.05, 0) is 40.8 Å². The average Bonchev–Trinajstić information content (AvgIpc) is 3.51. The van der Waals surface area contributed by atoms with Crippen molar-refractivity contribution in [2.24, 2.45) is 0 Å². The average molecular weight is 467 g/mol. The topological polar surface area (TPSA) is 66.6 Å². The third-order valence-corrected chi connectivity index (χ3v) is 6.67. The van der Waals surface area contributed by atoms with E-state index in [4.69, 9.17) is 9.72 Å². The Morgan fingerprint density at radius 1 is 0.857 bits per heavy atom. The molecule has 1 aliphatic heterocycles. The van der Waals surface area contributed by atoms with Crippen molar-refractivity contribution in [2.75, 3.05) is 0 Å². The first-order valence-corrected chi connectivity index (χ1v) is 12.0. The molecule has 3 aromatic carbocycles. The molecule has 1 aliphatic rings. The highest BCUT2D eigenvalue weighted by Gasteiger charge is 2.24. The van der Waals surface area contributed by atoms with Crippen LogP contribution in [0, 0.1) is 5.82 Å². The molecule has 0 unspecified atom stereocenters. The molecule has 0 saturated heterocycles. The number of hydrogen-bond donors (Lipinski definition) is 2. The van der Waals surface area contributed by atoms with Gasteiger partial charge in [0.15, 0.2) is 0 Å². The second-order valence-electron chi connectivity index (χ2n) is 9.80. The fourth-order valence-electron chi connectivity index (χ4n) is 4.68. The maximum absolute atomic E-state index is 15.1. The highest BCUT2D eigenvalue weighted by molar-refractivity contribution is 5.97. The molecule has 6 heteroatoms. The van der Waals surface area contributed by atoms with Crippen LogP contribution in [0.5, 0.6) is 5.75 Å². The van der Waals surface area contributed by atoms with Crippen LogP contribution in [0.4, 0.5) is 4.39 Å². The summed E-state index contributed by atoms with van der Waals surface area (Å²) in [5, 5.41) is 2.07. The Morgan fingerprint density at radius 2 is 1.60 bits per heavy atom. The summed E-state index contributed by atoms with van der Waals surface area (Å²) in [5.74, 6) is 2.99. The minimum absolute atomic E-state index is 0.260. The maximum Gasteiger partial charge on any atom is 0.137 e. The first-order chi connectivity index (χ1) is 16.9. The van der Waals surface area contributed by atoms with Gasteiger partial charge < -0.3 is 14.7 Å². The third-order valence-electron chi connectivity index (χ3n) is 6.67. The molecule has 0 amide bonds. The molecule has 0 saturated carbocycles. The Kier molecular flexibility index (Phi) is 4.99. The lowest BCUT2D eigenvalue weighted by Crippen LogP contribution is -2.05. The first-order valence-electron chi connectivity index (χ1n) is 12.0. The number of aromatic nitrogens is 4. The minimum Gasteiger partial charge on any atom is -0.486 e. The number of aromatic amines is 2. The van der Waals surface area contributed by atoms with Gasteiger partial charge >= 0.3 is 0 Å². The Morgan fingerprint density at radius 3 is 2.34 bits per heavy atom. The number of hydrogen-bond acceptors (Lipinski definition) is 3. The van der Waals surface area contributed by atoms with E-state index >= 15 is 4.39 Å². The molecule has 35 heavy (non-hydrogen) atoms. The molecule has 0 radical (unpaired) electrons. The predicted octanol–water partition coefficient (Wildman–Crippen LogP) is 7.57. The number of imidazole rings is 2. The largest absolute Gasteiger partial charge is 0.486 e. The zero-order chi connectivity index (χ0) is 24.3. The van der Waals surface area contributed by atoms with Gasteiger partial charge in [-0.1, -0.05) is 52.0 Å². The lowest BCUT2D eigenvalue weighted by atomic mass is 9.96. The van der Waals surface area contributed by atoms with Crippen LogP contribution in [0.15, 0.2) is 54.7 Å². The molecule has 0 spiro atoms. The van der Waals surface area contributed by atoms with Crippen LogP contribution in [0.1, 0.15) is 56.9 Å². The van der Waals surface area contributed by atoms with Crippen molar-refractivity contribution in [2.45, 2.75) is 46.1 Å². The summed E-state index contributed by atoms with van der Waals surface area (Å²) < 4.78 is 21.3. The van der Waals surface area contributed by atoms with Gasteiger partial charge in [0, 0.05) is 28.3 Å². The van der Waals surface area contributed by atoms with Crippen molar-refractivity contribution in [1.82, 2.24) is 19.9 Å². The highest BCUT2D eigenvalue weighted by atomic mass is 19.1. The summed E-state index contributed by atoms with van der Waals surface area (Å²) in [6.45, 7) is 8.84. The Bertz CT molecular complexity index is 1580. The molecule has 2 N–H and O–H groups in total. The summed E-state index contributed by atoms with van der Waals surface area (Å²) in [6, 6.07) is 15.7.